The van der Waals surface area contributed by atoms with E-state index in [0.717, 1.165) is 6.20 Å². The zero-order valence-electron chi connectivity index (χ0n) is 13.6. The molecular formula is C17H14F3N3O2S. The molecule has 0 saturated heterocycles. The van der Waals surface area contributed by atoms with Gasteiger partial charge in [0.1, 0.15) is 16.5 Å². The van der Waals surface area contributed by atoms with Gasteiger partial charge in [0.05, 0.1) is 5.75 Å². The number of thiol groups is 1. The predicted octanol–water partition coefficient (Wildman–Crippen LogP) is 3.37. The Morgan fingerprint density at radius 2 is 1.81 bits per heavy atom. The average molecular weight is 381 g/mol. The number of hydrogen-bond donors (Lipinski definition) is 1. The smallest absolute Gasteiger partial charge is 0.299 e. The molecule has 2 heterocycles. The van der Waals surface area contributed by atoms with Gasteiger partial charge in [0, 0.05) is 29.3 Å². The first-order valence-corrected chi connectivity index (χ1v) is 8.91. The van der Waals surface area contributed by atoms with E-state index in [9.17, 15) is 21.6 Å². The normalized spacial score (nSPS) is 11.9. The van der Waals surface area contributed by atoms with Crippen molar-refractivity contribution in [1.82, 2.24) is 14.5 Å². The SMILES string of the molecule is Cc1cc(-c2nc(C(F)(F)F)cn2-c2ccc(C[SH](=O)=O)cc2)ccn1. The number of rotatable bonds is 4. The Morgan fingerprint density at radius 3 is 2.38 bits per heavy atom. The summed E-state index contributed by atoms with van der Waals surface area (Å²) < 4.78 is 62.4. The van der Waals surface area contributed by atoms with Crippen LogP contribution in [-0.2, 0) is 22.6 Å². The van der Waals surface area contributed by atoms with E-state index in [0.29, 0.717) is 22.5 Å². The maximum absolute atomic E-state index is 13.1. The molecule has 3 aromatic rings. The third kappa shape index (κ3) is 3.93. The summed E-state index contributed by atoms with van der Waals surface area (Å²) in [6, 6.07) is 9.49. The molecule has 2 aromatic heterocycles. The number of aryl methyl sites for hydroxylation is 1. The van der Waals surface area contributed by atoms with E-state index in [1.54, 1.807) is 43.3 Å². The largest absolute Gasteiger partial charge is 0.434 e. The van der Waals surface area contributed by atoms with Crippen LogP contribution in [-0.4, -0.2) is 23.0 Å². The van der Waals surface area contributed by atoms with Crippen molar-refractivity contribution in [3.05, 3.63) is 65.7 Å². The first-order chi connectivity index (χ1) is 12.2. The van der Waals surface area contributed by atoms with Crippen LogP contribution in [0.1, 0.15) is 17.0 Å². The Morgan fingerprint density at radius 1 is 1.12 bits per heavy atom. The van der Waals surface area contributed by atoms with Gasteiger partial charge in [-0.25, -0.2) is 13.4 Å². The first-order valence-electron chi connectivity index (χ1n) is 7.55. The summed E-state index contributed by atoms with van der Waals surface area (Å²) in [5, 5.41) is 0. The lowest BCUT2D eigenvalue weighted by Gasteiger charge is -2.09. The predicted molar refractivity (Wildman–Crippen MR) is 90.6 cm³/mol. The van der Waals surface area contributed by atoms with Crippen molar-refractivity contribution < 1.29 is 21.6 Å². The van der Waals surface area contributed by atoms with Crippen molar-refractivity contribution in [3.8, 4) is 17.1 Å². The minimum absolute atomic E-state index is 0.121. The van der Waals surface area contributed by atoms with Gasteiger partial charge in [0.2, 0.25) is 0 Å². The van der Waals surface area contributed by atoms with Crippen molar-refractivity contribution >= 4 is 10.7 Å². The molecule has 0 N–H and O–H groups in total. The first kappa shape index (κ1) is 18.1. The molecule has 26 heavy (non-hydrogen) atoms. The van der Waals surface area contributed by atoms with Crippen LogP contribution < -0.4 is 0 Å². The monoisotopic (exact) mass is 381 g/mol. The number of pyridine rings is 1. The molecule has 3 rings (SSSR count). The second-order valence-electron chi connectivity index (χ2n) is 5.66. The molecule has 0 fully saturated rings. The molecule has 0 unspecified atom stereocenters. The van der Waals surface area contributed by atoms with Gasteiger partial charge in [-0.05, 0) is 36.8 Å². The number of halogens is 3. The fourth-order valence-electron chi connectivity index (χ4n) is 2.51. The number of nitrogens with zero attached hydrogens (tertiary/aromatic N) is 3. The van der Waals surface area contributed by atoms with Crippen LogP contribution in [0.4, 0.5) is 13.2 Å². The molecule has 0 bridgehead atoms. The van der Waals surface area contributed by atoms with E-state index in [1.165, 1.54) is 10.8 Å². The molecular weight excluding hydrogens is 367 g/mol. The zero-order valence-corrected chi connectivity index (χ0v) is 14.5. The second-order valence-corrected chi connectivity index (χ2v) is 6.64. The number of hydrogen-bond acceptors (Lipinski definition) is 4. The summed E-state index contributed by atoms with van der Waals surface area (Å²) in [6.45, 7) is 1.74. The highest BCUT2D eigenvalue weighted by Crippen LogP contribution is 2.32. The number of benzene rings is 1. The third-order valence-corrected chi connectivity index (χ3v) is 4.30. The molecule has 9 heteroatoms. The van der Waals surface area contributed by atoms with Gasteiger partial charge < -0.3 is 0 Å². The van der Waals surface area contributed by atoms with Gasteiger partial charge in [-0.1, -0.05) is 12.1 Å². The van der Waals surface area contributed by atoms with Crippen LogP contribution in [0.25, 0.3) is 17.1 Å². The number of imidazole rings is 1. The standard InChI is InChI=1S/C17H14F3N3O2S/c1-11-8-13(6-7-21-11)16-22-15(17(18,19)20)9-23(16)14-4-2-12(3-5-14)10-26(24)25/h2-9,26H,10H2,1H3. The Kier molecular flexibility index (Phi) is 4.82. The average Bonchev–Trinajstić information content (AvgIpc) is 3.00. The van der Waals surface area contributed by atoms with Crippen molar-refractivity contribution in [2.24, 2.45) is 0 Å². The van der Waals surface area contributed by atoms with Gasteiger partial charge in [-0.15, -0.1) is 0 Å². The van der Waals surface area contributed by atoms with Gasteiger partial charge in [-0.3, -0.25) is 9.55 Å². The fraction of sp³-hybridized carbons (Fsp3) is 0.176. The zero-order chi connectivity index (χ0) is 18.9. The van der Waals surface area contributed by atoms with E-state index in [1.807, 2.05) is 0 Å². The van der Waals surface area contributed by atoms with Gasteiger partial charge in [-0.2, -0.15) is 13.2 Å². The third-order valence-electron chi connectivity index (χ3n) is 3.68. The molecule has 0 amide bonds. The van der Waals surface area contributed by atoms with Gasteiger partial charge in [0.25, 0.3) is 0 Å². The summed E-state index contributed by atoms with van der Waals surface area (Å²) in [4.78, 5) is 7.80. The highest BCUT2D eigenvalue weighted by atomic mass is 32.2. The highest BCUT2D eigenvalue weighted by molar-refractivity contribution is 7.71. The van der Waals surface area contributed by atoms with E-state index >= 15 is 0 Å². The Hall–Kier alpha value is -2.68. The second kappa shape index (κ2) is 6.91. The van der Waals surface area contributed by atoms with Crippen LogP contribution in [0, 0.1) is 6.92 Å². The van der Waals surface area contributed by atoms with E-state index in [-0.39, 0.29) is 11.6 Å². The Labute approximate surface area is 149 Å². The van der Waals surface area contributed by atoms with Crippen molar-refractivity contribution in [1.29, 1.82) is 0 Å². The lowest BCUT2D eigenvalue weighted by molar-refractivity contribution is -0.140. The van der Waals surface area contributed by atoms with Crippen LogP contribution in [0.3, 0.4) is 0 Å². The number of alkyl halides is 3. The van der Waals surface area contributed by atoms with Crippen molar-refractivity contribution in [2.45, 2.75) is 18.9 Å². The molecule has 0 radical (unpaired) electrons. The Balaban J connectivity index is 2.12. The van der Waals surface area contributed by atoms with Crippen molar-refractivity contribution in [3.63, 3.8) is 0 Å². The lowest BCUT2D eigenvalue weighted by Crippen LogP contribution is -2.05. The molecule has 0 aliphatic rings. The minimum Gasteiger partial charge on any atom is -0.299 e. The van der Waals surface area contributed by atoms with Crippen LogP contribution in [0.2, 0.25) is 0 Å². The quantitative estimate of drug-likeness (QED) is 0.704. The Bertz CT molecular complexity index is 1000. The molecule has 0 spiro atoms. The molecule has 0 aliphatic heterocycles. The summed E-state index contributed by atoms with van der Waals surface area (Å²) in [5.41, 5.74) is 1.15. The maximum Gasteiger partial charge on any atom is 0.434 e. The van der Waals surface area contributed by atoms with E-state index in [4.69, 9.17) is 0 Å². The maximum atomic E-state index is 13.1. The summed E-state index contributed by atoms with van der Waals surface area (Å²) in [6.07, 6.45) is -2.15. The van der Waals surface area contributed by atoms with Crippen LogP contribution in [0.15, 0.2) is 48.8 Å². The fourth-order valence-corrected chi connectivity index (χ4v) is 3.02. The summed E-state index contributed by atoms with van der Waals surface area (Å²) in [7, 11) is -2.57. The molecule has 0 saturated carbocycles. The van der Waals surface area contributed by atoms with Gasteiger partial charge in [0.15, 0.2) is 5.69 Å². The van der Waals surface area contributed by atoms with E-state index in [2.05, 4.69) is 9.97 Å². The number of aromatic nitrogens is 3. The minimum atomic E-state index is -4.58. The molecule has 0 atom stereocenters. The topological polar surface area (TPSA) is 64.8 Å². The summed E-state index contributed by atoms with van der Waals surface area (Å²) in [5.74, 6) is 0.00879. The summed E-state index contributed by atoms with van der Waals surface area (Å²) >= 11 is 0. The lowest BCUT2D eigenvalue weighted by atomic mass is 10.2. The van der Waals surface area contributed by atoms with Gasteiger partial charge >= 0.3 is 6.18 Å². The highest BCUT2D eigenvalue weighted by Gasteiger charge is 2.35. The molecule has 5 nitrogen and oxygen atoms in total. The van der Waals surface area contributed by atoms with Crippen LogP contribution >= 0.6 is 0 Å². The molecule has 0 aliphatic carbocycles. The van der Waals surface area contributed by atoms with Crippen molar-refractivity contribution in [2.75, 3.05) is 0 Å². The van der Waals surface area contributed by atoms with Crippen LogP contribution in [0.5, 0.6) is 0 Å². The van der Waals surface area contributed by atoms with E-state index < -0.39 is 22.6 Å². The molecule has 136 valence electrons. The molecule has 1 aromatic carbocycles.